The van der Waals surface area contributed by atoms with Crippen LogP contribution < -0.4 is 11.5 Å². The van der Waals surface area contributed by atoms with Gasteiger partial charge in [-0.1, -0.05) is 13.8 Å². The third kappa shape index (κ3) is 8.83. The van der Waals surface area contributed by atoms with Crippen molar-refractivity contribution >= 4 is 0 Å². The molecule has 110 valence electrons. The summed E-state index contributed by atoms with van der Waals surface area (Å²) in [5, 5.41) is 0. The van der Waals surface area contributed by atoms with Crippen molar-refractivity contribution in [3.8, 4) is 0 Å². The number of ether oxygens (including phenoxy) is 2. The van der Waals surface area contributed by atoms with E-state index in [1.54, 1.807) is 0 Å². The molecule has 5 heteroatoms. The monoisotopic (exact) mass is 261 g/mol. The molecule has 3 unspecified atom stereocenters. The van der Waals surface area contributed by atoms with Gasteiger partial charge in [0, 0.05) is 6.42 Å². The highest BCUT2D eigenvalue weighted by Gasteiger charge is 2.13. The van der Waals surface area contributed by atoms with Crippen LogP contribution in [0.15, 0.2) is 0 Å². The van der Waals surface area contributed by atoms with Crippen LogP contribution in [0.2, 0.25) is 0 Å². The molecule has 0 aromatic rings. The lowest BCUT2D eigenvalue weighted by Crippen LogP contribution is -2.34. The van der Waals surface area contributed by atoms with Gasteiger partial charge in [-0.3, -0.25) is 4.90 Å². The van der Waals surface area contributed by atoms with Crippen molar-refractivity contribution in [3.05, 3.63) is 0 Å². The maximum Gasteiger partial charge on any atom is 0.112 e. The number of nitrogens with two attached hydrogens (primary N) is 2. The normalized spacial score (nSPS) is 16.8. The Balaban J connectivity index is 3.76. The van der Waals surface area contributed by atoms with Gasteiger partial charge in [-0.2, -0.15) is 0 Å². The van der Waals surface area contributed by atoms with Crippen LogP contribution in [-0.4, -0.2) is 58.1 Å². The van der Waals surface area contributed by atoms with Gasteiger partial charge >= 0.3 is 0 Å². The van der Waals surface area contributed by atoms with Gasteiger partial charge in [-0.25, -0.2) is 0 Å². The van der Waals surface area contributed by atoms with E-state index >= 15 is 0 Å². The van der Waals surface area contributed by atoms with Gasteiger partial charge in [0.1, 0.15) is 6.23 Å². The van der Waals surface area contributed by atoms with Crippen LogP contribution >= 0.6 is 0 Å². The summed E-state index contributed by atoms with van der Waals surface area (Å²) in [6.07, 6.45) is 0.953. The fourth-order valence-electron chi connectivity index (χ4n) is 1.37. The van der Waals surface area contributed by atoms with Crippen LogP contribution in [0.5, 0.6) is 0 Å². The SMILES string of the molecule is CC(CN)COCCC(OCC(C)CN)N(C)C. The highest BCUT2D eigenvalue weighted by Crippen LogP contribution is 2.06. The third-order valence-corrected chi connectivity index (χ3v) is 2.87. The molecule has 0 rings (SSSR count). The third-order valence-electron chi connectivity index (χ3n) is 2.87. The molecule has 0 bridgehead atoms. The topological polar surface area (TPSA) is 73.7 Å². The Morgan fingerprint density at radius 1 is 1.00 bits per heavy atom. The quantitative estimate of drug-likeness (QED) is 0.418. The van der Waals surface area contributed by atoms with E-state index in [-0.39, 0.29) is 6.23 Å². The summed E-state index contributed by atoms with van der Waals surface area (Å²) in [5.74, 6) is 0.812. The minimum atomic E-state index is 0.0900. The second kappa shape index (κ2) is 10.7. The lowest BCUT2D eigenvalue weighted by molar-refractivity contribution is -0.0657. The Morgan fingerprint density at radius 3 is 2.06 bits per heavy atom. The Morgan fingerprint density at radius 2 is 1.56 bits per heavy atom. The van der Waals surface area contributed by atoms with Crippen LogP contribution in [0.4, 0.5) is 0 Å². The summed E-state index contributed by atoms with van der Waals surface area (Å²) in [6.45, 7) is 7.61. The minimum absolute atomic E-state index is 0.0900. The predicted molar refractivity (Wildman–Crippen MR) is 75.3 cm³/mol. The molecular formula is C13H31N3O2. The number of hydrogen-bond acceptors (Lipinski definition) is 5. The molecule has 0 amide bonds. The van der Waals surface area contributed by atoms with Crippen molar-refractivity contribution < 1.29 is 9.47 Å². The summed E-state index contributed by atoms with van der Waals surface area (Å²) >= 11 is 0. The molecule has 5 nitrogen and oxygen atoms in total. The van der Waals surface area contributed by atoms with Gasteiger partial charge in [-0.15, -0.1) is 0 Å². The summed E-state index contributed by atoms with van der Waals surface area (Å²) in [5.41, 5.74) is 11.1. The molecule has 0 saturated carbocycles. The summed E-state index contributed by atoms with van der Waals surface area (Å²) in [4.78, 5) is 2.07. The first-order valence-corrected chi connectivity index (χ1v) is 6.77. The van der Waals surface area contributed by atoms with Gasteiger partial charge in [0.2, 0.25) is 0 Å². The Hall–Kier alpha value is -0.200. The lowest BCUT2D eigenvalue weighted by Gasteiger charge is -2.26. The molecule has 0 aromatic heterocycles. The van der Waals surface area contributed by atoms with E-state index in [0.717, 1.165) is 13.0 Å². The molecule has 0 aliphatic heterocycles. The Bertz CT molecular complexity index is 191. The largest absolute Gasteiger partial charge is 0.381 e. The zero-order chi connectivity index (χ0) is 14.0. The van der Waals surface area contributed by atoms with Crippen molar-refractivity contribution in [1.82, 2.24) is 4.90 Å². The fraction of sp³-hybridized carbons (Fsp3) is 1.00. The van der Waals surface area contributed by atoms with Crippen LogP contribution in [0.3, 0.4) is 0 Å². The van der Waals surface area contributed by atoms with Crippen molar-refractivity contribution in [2.45, 2.75) is 26.5 Å². The second-order valence-corrected chi connectivity index (χ2v) is 5.30. The number of hydrogen-bond donors (Lipinski definition) is 2. The number of rotatable bonds is 11. The van der Waals surface area contributed by atoms with E-state index in [4.69, 9.17) is 20.9 Å². The predicted octanol–water partition coefficient (Wildman–Crippen LogP) is 0.487. The molecule has 0 saturated heterocycles. The lowest BCUT2D eigenvalue weighted by atomic mass is 10.2. The number of nitrogens with zero attached hydrogens (tertiary/aromatic N) is 1. The van der Waals surface area contributed by atoms with E-state index in [2.05, 4.69) is 18.7 Å². The first-order chi connectivity index (χ1) is 8.51. The summed E-state index contributed by atoms with van der Waals surface area (Å²) in [7, 11) is 4.03. The van der Waals surface area contributed by atoms with Gasteiger partial charge in [0.05, 0.1) is 19.8 Å². The minimum Gasteiger partial charge on any atom is -0.381 e. The average molecular weight is 261 g/mol. The van der Waals surface area contributed by atoms with E-state index < -0.39 is 0 Å². The van der Waals surface area contributed by atoms with E-state index in [1.165, 1.54) is 0 Å². The van der Waals surface area contributed by atoms with Gasteiger partial charge < -0.3 is 20.9 Å². The van der Waals surface area contributed by atoms with Crippen LogP contribution in [0.25, 0.3) is 0 Å². The second-order valence-electron chi connectivity index (χ2n) is 5.30. The molecule has 0 aliphatic rings. The zero-order valence-electron chi connectivity index (χ0n) is 12.4. The molecule has 0 aliphatic carbocycles. The van der Waals surface area contributed by atoms with Crippen molar-refractivity contribution in [2.75, 3.05) is 47.0 Å². The summed E-state index contributed by atoms with van der Waals surface area (Å²) in [6, 6.07) is 0. The molecule has 0 heterocycles. The molecule has 3 atom stereocenters. The molecule has 4 N–H and O–H groups in total. The maximum atomic E-state index is 5.83. The highest BCUT2D eigenvalue weighted by atomic mass is 16.5. The highest BCUT2D eigenvalue weighted by molar-refractivity contribution is 4.58. The van der Waals surface area contributed by atoms with Gasteiger partial charge in [0.15, 0.2) is 0 Å². The zero-order valence-corrected chi connectivity index (χ0v) is 12.4. The smallest absolute Gasteiger partial charge is 0.112 e. The average Bonchev–Trinajstić information content (AvgIpc) is 2.36. The van der Waals surface area contributed by atoms with Crippen LogP contribution in [0.1, 0.15) is 20.3 Å². The molecular weight excluding hydrogens is 230 g/mol. The first kappa shape index (κ1) is 17.8. The molecule has 0 spiro atoms. The van der Waals surface area contributed by atoms with Crippen LogP contribution in [0, 0.1) is 11.8 Å². The standard InChI is InChI=1S/C13H31N3O2/c1-11(7-14)9-17-6-5-13(16(3)4)18-10-12(2)8-15/h11-13H,5-10,14-15H2,1-4H3. The Labute approximate surface area is 112 Å². The molecule has 0 aromatic carbocycles. The molecule has 0 radical (unpaired) electrons. The Kier molecular flexibility index (Phi) is 10.6. The first-order valence-electron chi connectivity index (χ1n) is 6.77. The van der Waals surface area contributed by atoms with Crippen LogP contribution in [-0.2, 0) is 9.47 Å². The van der Waals surface area contributed by atoms with Crippen molar-refractivity contribution in [2.24, 2.45) is 23.3 Å². The molecule has 18 heavy (non-hydrogen) atoms. The van der Waals surface area contributed by atoms with Gasteiger partial charge in [0.25, 0.3) is 0 Å². The summed E-state index contributed by atoms with van der Waals surface area (Å²) < 4.78 is 11.4. The van der Waals surface area contributed by atoms with E-state index in [0.29, 0.717) is 38.1 Å². The van der Waals surface area contributed by atoms with Gasteiger partial charge in [-0.05, 0) is 39.0 Å². The van der Waals surface area contributed by atoms with Crippen molar-refractivity contribution in [3.63, 3.8) is 0 Å². The molecule has 0 fully saturated rings. The fourth-order valence-corrected chi connectivity index (χ4v) is 1.37. The maximum absolute atomic E-state index is 5.83. The van der Waals surface area contributed by atoms with Crippen molar-refractivity contribution in [1.29, 1.82) is 0 Å². The van der Waals surface area contributed by atoms with E-state index in [1.807, 2.05) is 14.1 Å². The van der Waals surface area contributed by atoms with E-state index in [9.17, 15) is 0 Å².